The SMILES string of the molecule is OB(O)c1c(F)cc(Cl)cc1Cl. The Balaban J connectivity index is 3.28. The van der Waals surface area contributed by atoms with Crippen LogP contribution in [0.4, 0.5) is 4.39 Å². The summed E-state index contributed by atoms with van der Waals surface area (Å²) in [6.45, 7) is 0. The number of hydrogen-bond donors (Lipinski definition) is 2. The van der Waals surface area contributed by atoms with Crippen LogP contribution in [0, 0.1) is 5.82 Å². The predicted molar refractivity (Wildman–Crippen MR) is 46.2 cm³/mol. The molecule has 1 rings (SSSR count). The summed E-state index contributed by atoms with van der Waals surface area (Å²) >= 11 is 10.9. The Labute approximate surface area is 78.7 Å². The first-order valence-electron chi connectivity index (χ1n) is 3.03. The molecule has 0 atom stereocenters. The molecule has 0 aliphatic heterocycles. The number of rotatable bonds is 1. The molecular formula is C6H4BCl2FO2. The second-order valence-corrected chi connectivity index (χ2v) is 3.00. The van der Waals surface area contributed by atoms with E-state index in [0.29, 0.717) is 0 Å². The van der Waals surface area contributed by atoms with Crippen LogP contribution in [0.3, 0.4) is 0 Å². The van der Waals surface area contributed by atoms with Crippen molar-refractivity contribution in [3.05, 3.63) is 28.0 Å². The van der Waals surface area contributed by atoms with Crippen LogP contribution in [0.5, 0.6) is 0 Å². The molecule has 1 aromatic rings. The molecule has 0 unspecified atom stereocenters. The minimum Gasteiger partial charge on any atom is -0.423 e. The number of benzene rings is 1. The van der Waals surface area contributed by atoms with Crippen molar-refractivity contribution in [1.29, 1.82) is 0 Å². The van der Waals surface area contributed by atoms with Crippen molar-refractivity contribution in [1.82, 2.24) is 0 Å². The van der Waals surface area contributed by atoms with Gasteiger partial charge in [0.1, 0.15) is 5.82 Å². The van der Waals surface area contributed by atoms with Crippen molar-refractivity contribution in [2.45, 2.75) is 0 Å². The fourth-order valence-corrected chi connectivity index (χ4v) is 1.37. The summed E-state index contributed by atoms with van der Waals surface area (Å²) in [5.74, 6) is -0.831. The Bertz CT molecular complexity index is 283. The smallest absolute Gasteiger partial charge is 0.423 e. The molecule has 0 aliphatic carbocycles. The third kappa shape index (κ3) is 1.90. The summed E-state index contributed by atoms with van der Waals surface area (Å²) in [5.41, 5.74) is -0.360. The van der Waals surface area contributed by atoms with E-state index in [1.54, 1.807) is 0 Å². The average molecular weight is 209 g/mol. The van der Waals surface area contributed by atoms with E-state index in [0.717, 1.165) is 6.07 Å². The first-order valence-corrected chi connectivity index (χ1v) is 3.78. The molecule has 0 aromatic heterocycles. The van der Waals surface area contributed by atoms with Crippen LogP contribution >= 0.6 is 23.2 Å². The minimum absolute atomic E-state index is 0.102. The molecule has 0 heterocycles. The van der Waals surface area contributed by atoms with Gasteiger partial charge in [-0.05, 0) is 12.1 Å². The molecule has 6 heteroatoms. The molecule has 0 fully saturated rings. The average Bonchev–Trinajstić information content (AvgIpc) is 1.82. The van der Waals surface area contributed by atoms with Crippen molar-refractivity contribution >= 4 is 35.8 Å². The highest BCUT2D eigenvalue weighted by atomic mass is 35.5. The maximum Gasteiger partial charge on any atom is 0.492 e. The Hall–Kier alpha value is -0.285. The number of halogens is 3. The van der Waals surface area contributed by atoms with E-state index < -0.39 is 12.9 Å². The lowest BCUT2D eigenvalue weighted by atomic mass is 9.80. The predicted octanol–water partition coefficient (Wildman–Crippen LogP) is 0.812. The molecule has 0 amide bonds. The van der Waals surface area contributed by atoms with E-state index >= 15 is 0 Å². The number of hydrogen-bond acceptors (Lipinski definition) is 2. The molecule has 64 valence electrons. The van der Waals surface area contributed by atoms with Crippen LogP contribution in [-0.4, -0.2) is 17.2 Å². The molecule has 0 bridgehead atoms. The third-order valence-electron chi connectivity index (χ3n) is 1.30. The Morgan fingerprint density at radius 2 is 1.83 bits per heavy atom. The lowest BCUT2D eigenvalue weighted by Gasteiger charge is -2.04. The molecule has 0 saturated carbocycles. The van der Waals surface area contributed by atoms with Gasteiger partial charge in [-0.25, -0.2) is 4.39 Å². The van der Waals surface area contributed by atoms with Gasteiger partial charge in [-0.2, -0.15) is 0 Å². The fourth-order valence-electron chi connectivity index (χ4n) is 0.800. The van der Waals surface area contributed by atoms with Gasteiger partial charge in [0, 0.05) is 15.5 Å². The summed E-state index contributed by atoms with van der Waals surface area (Å²) in [6, 6.07) is 2.20. The van der Waals surface area contributed by atoms with E-state index in [4.69, 9.17) is 33.2 Å². The van der Waals surface area contributed by atoms with E-state index in [-0.39, 0.29) is 15.5 Å². The van der Waals surface area contributed by atoms with Crippen LogP contribution < -0.4 is 5.46 Å². The van der Waals surface area contributed by atoms with Crippen molar-refractivity contribution in [2.75, 3.05) is 0 Å². The van der Waals surface area contributed by atoms with Gasteiger partial charge in [0.15, 0.2) is 0 Å². The molecule has 1 aromatic carbocycles. The quantitative estimate of drug-likeness (QED) is 0.671. The summed E-state index contributed by atoms with van der Waals surface area (Å²) in [7, 11) is -1.92. The molecule has 2 N–H and O–H groups in total. The molecule has 0 spiro atoms. The standard InChI is InChI=1S/C6H4BCl2FO2/c8-3-1-4(9)6(7(11)12)5(10)2-3/h1-2,11-12H. The molecular weight excluding hydrogens is 205 g/mol. The normalized spacial score (nSPS) is 10.1. The summed E-state index contributed by atoms with van der Waals surface area (Å²) < 4.78 is 12.9. The third-order valence-corrected chi connectivity index (χ3v) is 1.83. The maximum absolute atomic E-state index is 12.9. The monoisotopic (exact) mass is 208 g/mol. The summed E-state index contributed by atoms with van der Waals surface area (Å²) in [5, 5.41) is 17.3. The zero-order valence-electron chi connectivity index (χ0n) is 5.76. The van der Waals surface area contributed by atoms with Gasteiger partial charge in [0.05, 0.1) is 0 Å². The topological polar surface area (TPSA) is 40.5 Å². The molecule has 0 saturated heterocycles. The van der Waals surface area contributed by atoms with Crippen LogP contribution in [0.15, 0.2) is 12.1 Å². The van der Waals surface area contributed by atoms with Crippen LogP contribution in [0.25, 0.3) is 0 Å². The zero-order chi connectivity index (χ0) is 9.30. The fraction of sp³-hybridized carbons (Fsp3) is 0. The van der Waals surface area contributed by atoms with Crippen molar-refractivity contribution in [3.8, 4) is 0 Å². The van der Waals surface area contributed by atoms with Gasteiger partial charge >= 0.3 is 7.12 Å². The van der Waals surface area contributed by atoms with Crippen LogP contribution in [0.2, 0.25) is 10.0 Å². The molecule has 2 nitrogen and oxygen atoms in total. The second-order valence-electron chi connectivity index (χ2n) is 2.16. The van der Waals surface area contributed by atoms with Gasteiger partial charge in [0.2, 0.25) is 0 Å². The van der Waals surface area contributed by atoms with Gasteiger partial charge in [0.25, 0.3) is 0 Å². The van der Waals surface area contributed by atoms with Crippen LogP contribution in [-0.2, 0) is 0 Å². The van der Waals surface area contributed by atoms with E-state index in [2.05, 4.69) is 0 Å². The van der Waals surface area contributed by atoms with Crippen molar-refractivity contribution < 1.29 is 14.4 Å². The molecule has 12 heavy (non-hydrogen) atoms. The Morgan fingerprint density at radius 3 is 2.25 bits per heavy atom. The summed E-state index contributed by atoms with van der Waals surface area (Å²) in [6.07, 6.45) is 0. The summed E-state index contributed by atoms with van der Waals surface area (Å²) in [4.78, 5) is 0. The van der Waals surface area contributed by atoms with Gasteiger partial charge in [-0.15, -0.1) is 0 Å². The maximum atomic E-state index is 12.9. The van der Waals surface area contributed by atoms with E-state index in [1.807, 2.05) is 0 Å². The molecule has 0 radical (unpaired) electrons. The first-order chi connectivity index (χ1) is 5.52. The van der Waals surface area contributed by atoms with Gasteiger partial charge < -0.3 is 10.0 Å². The highest BCUT2D eigenvalue weighted by molar-refractivity contribution is 6.63. The van der Waals surface area contributed by atoms with Crippen molar-refractivity contribution in [2.24, 2.45) is 0 Å². The lowest BCUT2D eigenvalue weighted by molar-refractivity contribution is 0.423. The first kappa shape index (κ1) is 9.80. The second kappa shape index (κ2) is 3.62. The highest BCUT2D eigenvalue weighted by Gasteiger charge is 2.20. The van der Waals surface area contributed by atoms with E-state index in [1.165, 1.54) is 6.07 Å². The Kier molecular flexibility index (Phi) is 2.96. The zero-order valence-corrected chi connectivity index (χ0v) is 7.27. The lowest BCUT2D eigenvalue weighted by Crippen LogP contribution is -2.33. The highest BCUT2D eigenvalue weighted by Crippen LogP contribution is 2.16. The van der Waals surface area contributed by atoms with E-state index in [9.17, 15) is 4.39 Å². The van der Waals surface area contributed by atoms with Crippen molar-refractivity contribution in [3.63, 3.8) is 0 Å². The molecule has 0 aliphatic rings. The van der Waals surface area contributed by atoms with Gasteiger partial charge in [-0.3, -0.25) is 0 Å². The minimum atomic E-state index is -1.92. The van der Waals surface area contributed by atoms with Crippen LogP contribution in [0.1, 0.15) is 0 Å². The van der Waals surface area contributed by atoms with Gasteiger partial charge in [-0.1, -0.05) is 23.2 Å². The largest absolute Gasteiger partial charge is 0.492 e. The Morgan fingerprint density at radius 1 is 1.25 bits per heavy atom.